The third-order valence-electron chi connectivity index (χ3n) is 4.73. The summed E-state index contributed by atoms with van der Waals surface area (Å²) in [5, 5.41) is 0. The minimum absolute atomic E-state index is 0.0230. The molecule has 1 heterocycles. The Balaban J connectivity index is 1.58. The van der Waals surface area contributed by atoms with Gasteiger partial charge in [-0.05, 0) is 35.4 Å². The van der Waals surface area contributed by atoms with E-state index in [1.54, 1.807) is 12.1 Å². The number of benzene rings is 3. The first-order chi connectivity index (χ1) is 14.2. The van der Waals surface area contributed by atoms with Crippen molar-refractivity contribution in [2.45, 2.75) is 12.2 Å². The number of halogens is 6. The molecule has 3 aromatic carbocycles. The van der Waals surface area contributed by atoms with E-state index >= 15 is 0 Å². The van der Waals surface area contributed by atoms with Crippen molar-refractivity contribution in [1.29, 1.82) is 0 Å². The molecule has 1 atom stereocenters. The Bertz CT molecular complexity index is 1100. The van der Waals surface area contributed by atoms with Crippen molar-refractivity contribution < 1.29 is 31.1 Å². The van der Waals surface area contributed by atoms with Gasteiger partial charge >= 0.3 is 6.18 Å². The first-order valence-corrected chi connectivity index (χ1v) is 8.86. The third-order valence-corrected chi connectivity index (χ3v) is 4.73. The summed E-state index contributed by atoms with van der Waals surface area (Å²) in [6, 6.07) is 11.6. The van der Waals surface area contributed by atoms with E-state index in [0.717, 1.165) is 24.3 Å². The molecular formula is C22H13F6NO. The summed E-state index contributed by atoms with van der Waals surface area (Å²) in [6.07, 6.45) is -4.63. The van der Waals surface area contributed by atoms with Crippen molar-refractivity contribution in [3.8, 4) is 11.1 Å². The van der Waals surface area contributed by atoms with E-state index in [1.807, 2.05) is 0 Å². The number of hydrogen-bond donors (Lipinski definition) is 0. The molecule has 0 bridgehead atoms. The first-order valence-electron chi connectivity index (χ1n) is 8.86. The van der Waals surface area contributed by atoms with Crippen molar-refractivity contribution in [2.75, 3.05) is 6.61 Å². The van der Waals surface area contributed by atoms with E-state index in [4.69, 9.17) is 4.74 Å². The molecule has 0 aliphatic carbocycles. The van der Waals surface area contributed by atoms with Gasteiger partial charge in [0.1, 0.15) is 35.7 Å². The van der Waals surface area contributed by atoms with E-state index in [9.17, 15) is 26.3 Å². The molecule has 0 aromatic heterocycles. The normalized spacial score (nSPS) is 16.3. The Morgan fingerprint density at radius 3 is 2.10 bits per heavy atom. The zero-order valence-electron chi connectivity index (χ0n) is 15.2. The monoisotopic (exact) mass is 421 g/mol. The highest BCUT2D eigenvalue weighted by molar-refractivity contribution is 5.95. The van der Waals surface area contributed by atoms with Crippen LogP contribution >= 0.6 is 0 Å². The van der Waals surface area contributed by atoms with Gasteiger partial charge in [-0.25, -0.2) is 18.2 Å². The quantitative estimate of drug-likeness (QED) is 0.455. The Morgan fingerprint density at radius 1 is 0.833 bits per heavy atom. The van der Waals surface area contributed by atoms with Crippen LogP contribution < -0.4 is 0 Å². The van der Waals surface area contributed by atoms with Crippen LogP contribution in [0.5, 0.6) is 0 Å². The molecule has 4 rings (SSSR count). The third kappa shape index (κ3) is 3.77. The number of ether oxygens (including phenoxy) is 1. The highest BCUT2D eigenvalue weighted by Gasteiger charge is 2.31. The Labute approximate surface area is 167 Å². The Morgan fingerprint density at radius 2 is 1.50 bits per heavy atom. The summed E-state index contributed by atoms with van der Waals surface area (Å²) in [7, 11) is 0. The van der Waals surface area contributed by atoms with E-state index in [0.29, 0.717) is 17.2 Å². The Hall–Kier alpha value is -3.29. The molecule has 3 aromatic rings. The fourth-order valence-corrected chi connectivity index (χ4v) is 3.19. The molecule has 0 radical (unpaired) electrons. The van der Waals surface area contributed by atoms with Gasteiger partial charge in [0.2, 0.25) is 5.90 Å². The maximum Gasteiger partial charge on any atom is 0.416 e. The summed E-state index contributed by atoms with van der Waals surface area (Å²) >= 11 is 0. The van der Waals surface area contributed by atoms with Gasteiger partial charge in [0, 0.05) is 5.56 Å². The zero-order chi connectivity index (χ0) is 21.5. The zero-order valence-corrected chi connectivity index (χ0v) is 15.2. The molecule has 0 saturated heterocycles. The van der Waals surface area contributed by atoms with E-state index in [-0.39, 0.29) is 23.6 Å². The van der Waals surface area contributed by atoms with E-state index in [2.05, 4.69) is 4.99 Å². The number of aliphatic imine (C=N–C) groups is 1. The van der Waals surface area contributed by atoms with Crippen LogP contribution in [0.1, 0.15) is 22.7 Å². The molecule has 0 amide bonds. The van der Waals surface area contributed by atoms with Crippen LogP contribution in [-0.2, 0) is 10.9 Å². The second-order valence-corrected chi connectivity index (χ2v) is 6.67. The smallest absolute Gasteiger partial charge is 0.416 e. The van der Waals surface area contributed by atoms with Crippen molar-refractivity contribution >= 4 is 5.90 Å². The van der Waals surface area contributed by atoms with E-state index < -0.39 is 35.2 Å². The van der Waals surface area contributed by atoms with Crippen molar-refractivity contribution in [3.05, 3.63) is 94.8 Å². The highest BCUT2D eigenvalue weighted by atomic mass is 19.4. The molecule has 8 heteroatoms. The van der Waals surface area contributed by atoms with Crippen molar-refractivity contribution in [3.63, 3.8) is 0 Å². The lowest BCUT2D eigenvalue weighted by atomic mass is 9.99. The maximum absolute atomic E-state index is 14.2. The van der Waals surface area contributed by atoms with Crippen LogP contribution in [0.4, 0.5) is 26.3 Å². The van der Waals surface area contributed by atoms with Crippen LogP contribution in [-0.4, -0.2) is 12.5 Å². The average Bonchev–Trinajstić information content (AvgIpc) is 3.17. The first kappa shape index (κ1) is 20.0. The van der Waals surface area contributed by atoms with Crippen LogP contribution in [0.2, 0.25) is 0 Å². The van der Waals surface area contributed by atoms with Crippen LogP contribution in [0.3, 0.4) is 0 Å². The van der Waals surface area contributed by atoms with Gasteiger partial charge < -0.3 is 4.74 Å². The fourth-order valence-electron chi connectivity index (χ4n) is 3.19. The highest BCUT2D eigenvalue weighted by Crippen LogP contribution is 2.34. The molecule has 0 spiro atoms. The molecule has 0 fully saturated rings. The van der Waals surface area contributed by atoms with Gasteiger partial charge in [-0.2, -0.15) is 13.2 Å². The van der Waals surface area contributed by atoms with Gasteiger partial charge in [-0.15, -0.1) is 0 Å². The lowest BCUT2D eigenvalue weighted by molar-refractivity contribution is -0.137. The number of hydrogen-bond acceptors (Lipinski definition) is 2. The van der Waals surface area contributed by atoms with Crippen molar-refractivity contribution in [2.24, 2.45) is 4.99 Å². The topological polar surface area (TPSA) is 21.6 Å². The molecule has 2 nitrogen and oxygen atoms in total. The predicted octanol–water partition coefficient (Wildman–Crippen LogP) is 6.31. The molecule has 1 aliphatic rings. The van der Waals surface area contributed by atoms with Crippen molar-refractivity contribution in [1.82, 2.24) is 0 Å². The predicted molar refractivity (Wildman–Crippen MR) is 98.4 cm³/mol. The molecule has 154 valence electrons. The summed E-state index contributed by atoms with van der Waals surface area (Å²) in [5.74, 6) is -2.71. The SMILES string of the molecule is Fc1cc(C(F)(F)F)ccc1-c1ccc([C@H]2COC(c3c(F)cccc3F)=N2)cc1. The van der Waals surface area contributed by atoms with Crippen LogP contribution in [0.25, 0.3) is 11.1 Å². The standard InChI is InChI=1S/C22H13F6NO/c23-16-2-1-3-17(24)20(16)21-29-19(11-30-21)13-6-4-12(5-7-13)15-9-8-14(10-18(15)25)22(26,27)28/h1-10,19H,11H2/t19-/m1/s1. The van der Waals surface area contributed by atoms with E-state index in [1.165, 1.54) is 18.2 Å². The summed E-state index contributed by atoms with van der Waals surface area (Å²) in [4.78, 5) is 4.22. The minimum Gasteiger partial charge on any atom is -0.475 e. The van der Waals surface area contributed by atoms with Crippen LogP contribution in [0, 0.1) is 17.5 Å². The molecule has 30 heavy (non-hydrogen) atoms. The molecule has 0 saturated carbocycles. The summed E-state index contributed by atoms with van der Waals surface area (Å²) < 4.78 is 85.4. The molecule has 1 aliphatic heterocycles. The number of nitrogens with zero attached hydrogens (tertiary/aromatic N) is 1. The van der Waals surface area contributed by atoms with Gasteiger partial charge in [0.05, 0.1) is 5.56 Å². The van der Waals surface area contributed by atoms with Gasteiger partial charge in [0.15, 0.2) is 0 Å². The fraction of sp³-hybridized carbons (Fsp3) is 0.136. The Kier molecular flexibility index (Phi) is 5.01. The van der Waals surface area contributed by atoms with Gasteiger partial charge in [-0.1, -0.05) is 36.4 Å². The summed E-state index contributed by atoms with van der Waals surface area (Å²) in [6.45, 7) is 0.0666. The number of rotatable bonds is 3. The minimum atomic E-state index is -4.63. The lowest BCUT2D eigenvalue weighted by Gasteiger charge is -2.10. The second-order valence-electron chi connectivity index (χ2n) is 6.67. The van der Waals surface area contributed by atoms with Gasteiger partial charge in [0.25, 0.3) is 0 Å². The average molecular weight is 421 g/mol. The number of alkyl halides is 3. The largest absolute Gasteiger partial charge is 0.475 e. The molecule has 0 N–H and O–H groups in total. The lowest BCUT2D eigenvalue weighted by Crippen LogP contribution is -2.07. The van der Waals surface area contributed by atoms with Gasteiger partial charge in [-0.3, -0.25) is 0 Å². The maximum atomic E-state index is 14.2. The molecular weight excluding hydrogens is 408 g/mol. The second kappa shape index (κ2) is 7.51. The molecule has 0 unspecified atom stereocenters. The van der Waals surface area contributed by atoms with Crippen LogP contribution in [0.15, 0.2) is 65.7 Å². The summed E-state index contributed by atoms with van der Waals surface area (Å²) in [5.41, 5.74) is -0.352.